The standard InChI is InChI=1S/C15H24N2O/c1-3-7-17(13-5-6-13)14-9-12(16)10-15(11-14)18-8-4-2/h9-11,13H,3-8,16H2,1-2H3. The molecule has 1 aromatic rings. The van der Waals surface area contributed by atoms with E-state index in [1.807, 2.05) is 6.07 Å². The lowest BCUT2D eigenvalue weighted by atomic mass is 10.2. The molecular formula is C15H24N2O. The topological polar surface area (TPSA) is 38.5 Å². The van der Waals surface area contributed by atoms with Gasteiger partial charge in [0.05, 0.1) is 6.61 Å². The number of anilines is 2. The molecule has 1 fully saturated rings. The third kappa shape index (κ3) is 3.31. The van der Waals surface area contributed by atoms with Crippen molar-refractivity contribution in [2.45, 2.75) is 45.6 Å². The van der Waals surface area contributed by atoms with Crippen LogP contribution in [-0.2, 0) is 0 Å². The largest absolute Gasteiger partial charge is 0.493 e. The number of ether oxygens (including phenoxy) is 1. The molecule has 18 heavy (non-hydrogen) atoms. The van der Waals surface area contributed by atoms with Gasteiger partial charge in [-0.15, -0.1) is 0 Å². The van der Waals surface area contributed by atoms with Gasteiger partial charge >= 0.3 is 0 Å². The van der Waals surface area contributed by atoms with Crippen LogP contribution in [0.4, 0.5) is 11.4 Å². The number of nitrogens with two attached hydrogens (primary N) is 1. The van der Waals surface area contributed by atoms with E-state index >= 15 is 0 Å². The maximum atomic E-state index is 5.98. The molecule has 0 heterocycles. The Morgan fingerprint density at radius 2 is 2.00 bits per heavy atom. The lowest BCUT2D eigenvalue weighted by Crippen LogP contribution is -2.26. The van der Waals surface area contributed by atoms with Crippen LogP contribution in [0, 0.1) is 0 Å². The second kappa shape index (κ2) is 5.98. The minimum atomic E-state index is 0.714. The van der Waals surface area contributed by atoms with E-state index in [-0.39, 0.29) is 0 Å². The molecule has 1 saturated carbocycles. The fourth-order valence-corrected chi connectivity index (χ4v) is 2.22. The van der Waals surface area contributed by atoms with E-state index in [0.717, 1.165) is 37.4 Å². The Balaban J connectivity index is 2.16. The lowest BCUT2D eigenvalue weighted by molar-refractivity contribution is 0.317. The summed E-state index contributed by atoms with van der Waals surface area (Å²) in [5.74, 6) is 0.897. The second-order valence-electron chi connectivity index (χ2n) is 5.03. The Labute approximate surface area is 110 Å². The number of hydrogen-bond acceptors (Lipinski definition) is 3. The zero-order valence-corrected chi connectivity index (χ0v) is 11.5. The van der Waals surface area contributed by atoms with Gasteiger partial charge in [-0.2, -0.15) is 0 Å². The van der Waals surface area contributed by atoms with Gasteiger partial charge in [0, 0.05) is 36.1 Å². The van der Waals surface area contributed by atoms with Crippen LogP contribution in [0.3, 0.4) is 0 Å². The van der Waals surface area contributed by atoms with Crippen LogP contribution < -0.4 is 15.4 Å². The van der Waals surface area contributed by atoms with Crippen molar-refractivity contribution < 1.29 is 4.74 Å². The summed E-state index contributed by atoms with van der Waals surface area (Å²) in [7, 11) is 0. The summed E-state index contributed by atoms with van der Waals surface area (Å²) in [5, 5.41) is 0. The molecule has 0 aliphatic heterocycles. The van der Waals surface area contributed by atoms with E-state index in [1.165, 1.54) is 18.5 Å². The fraction of sp³-hybridized carbons (Fsp3) is 0.600. The van der Waals surface area contributed by atoms with Crippen LogP contribution in [0.5, 0.6) is 5.75 Å². The monoisotopic (exact) mass is 248 g/mol. The minimum absolute atomic E-state index is 0.714. The van der Waals surface area contributed by atoms with Crippen LogP contribution >= 0.6 is 0 Å². The normalized spacial score (nSPS) is 14.6. The van der Waals surface area contributed by atoms with Gasteiger partial charge in [-0.3, -0.25) is 0 Å². The van der Waals surface area contributed by atoms with Gasteiger partial charge in [-0.25, -0.2) is 0 Å². The van der Waals surface area contributed by atoms with Crippen molar-refractivity contribution in [3.05, 3.63) is 18.2 Å². The summed E-state index contributed by atoms with van der Waals surface area (Å²) in [4.78, 5) is 2.47. The molecule has 3 nitrogen and oxygen atoms in total. The highest BCUT2D eigenvalue weighted by Crippen LogP contribution is 2.34. The summed E-state index contributed by atoms with van der Waals surface area (Å²) in [6.07, 6.45) is 4.79. The van der Waals surface area contributed by atoms with Crippen molar-refractivity contribution in [2.75, 3.05) is 23.8 Å². The van der Waals surface area contributed by atoms with Crippen LogP contribution in [0.15, 0.2) is 18.2 Å². The number of nitrogens with zero attached hydrogens (tertiary/aromatic N) is 1. The van der Waals surface area contributed by atoms with Crippen molar-refractivity contribution in [1.29, 1.82) is 0 Å². The molecule has 100 valence electrons. The summed E-state index contributed by atoms with van der Waals surface area (Å²) in [6, 6.07) is 6.81. The average molecular weight is 248 g/mol. The first-order valence-corrected chi connectivity index (χ1v) is 7.04. The molecule has 1 aliphatic rings. The van der Waals surface area contributed by atoms with Gasteiger partial charge in [0.1, 0.15) is 5.75 Å². The highest BCUT2D eigenvalue weighted by molar-refractivity contribution is 5.61. The van der Waals surface area contributed by atoms with Crippen molar-refractivity contribution in [3.8, 4) is 5.75 Å². The molecule has 0 unspecified atom stereocenters. The van der Waals surface area contributed by atoms with E-state index in [0.29, 0.717) is 6.04 Å². The number of nitrogen functional groups attached to an aromatic ring is 1. The highest BCUT2D eigenvalue weighted by Gasteiger charge is 2.28. The number of rotatable bonds is 7. The first-order valence-electron chi connectivity index (χ1n) is 7.04. The zero-order chi connectivity index (χ0) is 13.0. The maximum Gasteiger partial charge on any atom is 0.123 e. The Morgan fingerprint density at radius 3 is 2.61 bits per heavy atom. The maximum absolute atomic E-state index is 5.98. The predicted octanol–water partition coefficient (Wildman–Crippen LogP) is 3.44. The van der Waals surface area contributed by atoms with E-state index in [2.05, 4.69) is 30.9 Å². The summed E-state index contributed by atoms with van der Waals surface area (Å²) >= 11 is 0. The SMILES string of the molecule is CCCOc1cc(N)cc(N(CCC)C2CC2)c1. The third-order valence-corrected chi connectivity index (χ3v) is 3.17. The molecule has 0 spiro atoms. The molecule has 0 aromatic heterocycles. The van der Waals surface area contributed by atoms with Crippen LogP contribution in [0.2, 0.25) is 0 Å². The molecule has 3 heteroatoms. The molecule has 0 amide bonds. The quantitative estimate of drug-likeness (QED) is 0.751. The summed E-state index contributed by atoms with van der Waals surface area (Å²) < 4.78 is 5.70. The van der Waals surface area contributed by atoms with Crippen LogP contribution in [-0.4, -0.2) is 19.2 Å². The van der Waals surface area contributed by atoms with Crippen molar-refractivity contribution in [1.82, 2.24) is 0 Å². The fourth-order valence-electron chi connectivity index (χ4n) is 2.22. The Kier molecular flexibility index (Phi) is 4.34. The predicted molar refractivity (Wildman–Crippen MR) is 77.3 cm³/mol. The van der Waals surface area contributed by atoms with Gasteiger partial charge < -0.3 is 15.4 Å². The minimum Gasteiger partial charge on any atom is -0.493 e. The highest BCUT2D eigenvalue weighted by atomic mass is 16.5. The van der Waals surface area contributed by atoms with Crippen LogP contribution in [0.1, 0.15) is 39.5 Å². The van der Waals surface area contributed by atoms with E-state index in [1.54, 1.807) is 0 Å². The van der Waals surface area contributed by atoms with Crippen molar-refractivity contribution >= 4 is 11.4 Å². The van der Waals surface area contributed by atoms with Gasteiger partial charge in [-0.05, 0) is 31.7 Å². The zero-order valence-electron chi connectivity index (χ0n) is 11.5. The van der Waals surface area contributed by atoms with Crippen molar-refractivity contribution in [3.63, 3.8) is 0 Å². The number of benzene rings is 1. The molecule has 0 saturated heterocycles. The van der Waals surface area contributed by atoms with Gasteiger partial charge in [0.25, 0.3) is 0 Å². The van der Waals surface area contributed by atoms with Gasteiger partial charge in [-0.1, -0.05) is 13.8 Å². The summed E-state index contributed by atoms with van der Waals surface area (Å²) in [6.45, 7) is 6.18. The van der Waals surface area contributed by atoms with E-state index in [9.17, 15) is 0 Å². The average Bonchev–Trinajstić information content (AvgIpc) is 3.17. The Bertz CT molecular complexity index is 388. The molecule has 1 aromatic carbocycles. The molecule has 0 radical (unpaired) electrons. The smallest absolute Gasteiger partial charge is 0.123 e. The molecular weight excluding hydrogens is 224 g/mol. The first kappa shape index (κ1) is 13.1. The van der Waals surface area contributed by atoms with Crippen LogP contribution in [0.25, 0.3) is 0 Å². The van der Waals surface area contributed by atoms with E-state index in [4.69, 9.17) is 10.5 Å². The lowest BCUT2D eigenvalue weighted by Gasteiger charge is -2.25. The molecule has 1 aliphatic carbocycles. The summed E-state index contributed by atoms with van der Waals surface area (Å²) in [5.41, 5.74) is 7.98. The third-order valence-electron chi connectivity index (χ3n) is 3.17. The Hall–Kier alpha value is -1.38. The molecule has 2 rings (SSSR count). The van der Waals surface area contributed by atoms with Crippen molar-refractivity contribution in [2.24, 2.45) is 0 Å². The molecule has 2 N–H and O–H groups in total. The van der Waals surface area contributed by atoms with Gasteiger partial charge in [0.2, 0.25) is 0 Å². The Morgan fingerprint density at radius 1 is 1.22 bits per heavy atom. The second-order valence-corrected chi connectivity index (χ2v) is 5.03. The molecule has 0 bridgehead atoms. The van der Waals surface area contributed by atoms with E-state index < -0.39 is 0 Å². The first-order chi connectivity index (χ1) is 8.74. The van der Waals surface area contributed by atoms with Gasteiger partial charge in [0.15, 0.2) is 0 Å². The number of hydrogen-bond donors (Lipinski definition) is 1. The molecule has 0 atom stereocenters.